The molecule has 0 aliphatic carbocycles. The molecule has 0 fully saturated rings. The number of aliphatic hydroxyl groups is 1. The summed E-state index contributed by atoms with van der Waals surface area (Å²) in [6.07, 6.45) is 0. The lowest BCUT2D eigenvalue weighted by Gasteiger charge is -2.13. The van der Waals surface area contributed by atoms with Crippen LogP contribution in [-0.4, -0.2) is 33.3 Å². The van der Waals surface area contributed by atoms with Crippen molar-refractivity contribution in [2.75, 3.05) is 24.5 Å². The van der Waals surface area contributed by atoms with Gasteiger partial charge in [-0.25, -0.2) is 8.42 Å². The summed E-state index contributed by atoms with van der Waals surface area (Å²) in [4.78, 5) is 0.0549. The van der Waals surface area contributed by atoms with Crippen LogP contribution >= 0.6 is 15.9 Å². The highest BCUT2D eigenvalue weighted by atomic mass is 79.9. The largest absolute Gasteiger partial charge is 0.492 e. The average molecular weight is 416 g/mol. The molecule has 24 heavy (non-hydrogen) atoms. The SMILES string of the molecule is CCOc1ccc(Br)cc1S(=O)(=O)Nc1ccc(OCCO)cc1. The molecule has 0 radical (unpaired) electrons. The van der Waals surface area contributed by atoms with Crippen molar-refractivity contribution in [1.29, 1.82) is 0 Å². The molecule has 0 amide bonds. The zero-order valence-electron chi connectivity index (χ0n) is 13.0. The molecule has 0 aliphatic heterocycles. The third kappa shape index (κ3) is 4.86. The lowest BCUT2D eigenvalue weighted by Crippen LogP contribution is -2.14. The number of benzene rings is 2. The Morgan fingerprint density at radius 1 is 1.12 bits per heavy atom. The number of aliphatic hydroxyl groups excluding tert-OH is 1. The number of sulfonamides is 1. The molecule has 2 N–H and O–H groups in total. The normalized spacial score (nSPS) is 11.1. The molecule has 0 heterocycles. The maximum atomic E-state index is 12.6. The van der Waals surface area contributed by atoms with Gasteiger partial charge in [0.25, 0.3) is 10.0 Å². The zero-order valence-corrected chi connectivity index (χ0v) is 15.4. The molecule has 0 bridgehead atoms. The fraction of sp³-hybridized carbons (Fsp3) is 0.250. The number of hydrogen-bond donors (Lipinski definition) is 2. The summed E-state index contributed by atoms with van der Waals surface area (Å²) in [5, 5.41) is 8.72. The molecule has 2 rings (SSSR count). The molecular formula is C16H18BrNO5S. The van der Waals surface area contributed by atoms with Crippen LogP contribution in [0.25, 0.3) is 0 Å². The third-order valence-electron chi connectivity index (χ3n) is 2.96. The molecule has 130 valence electrons. The second-order valence-electron chi connectivity index (χ2n) is 4.73. The second-order valence-corrected chi connectivity index (χ2v) is 7.29. The number of rotatable bonds is 8. The van der Waals surface area contributed by atoms with Crippen molar-refractivity contribution in [3.63, 3.8) is 0 Å². The smallest absolute Gasteiger partial charge is 0.265 e. The van der Waals surface area contributed by atoms with Crippen molar-refractivity contribution < 1.29 is 23.0 Å². The first-order valence-corrected chi connectivity index (χ1v) is 9.53. The monoisotopic (exact) mass is 415 g/mol. The molecule has 6 nitrogen and oxygen atoms in total. The summed E-state index contributed by atoms with van der Waals surface area (Å²) in [5.41, 5.74) is 0.397. The lowest BCUT2D eigenvalue weighted by molar-refractivity contribution is 0.201. The maximum absolute atomic E-state index is 12.6. The predicted octanol–water partition coefficient (Wildman–Crippen LogP) is 3.02. The van der Waals surface area contributed by atoms with E-state index in [2.05, 4.69) is 20.7 Å². The van der Waals surface area contributed by atoms with Gasteiger partial charge in [0.05, 0.1) is 13.2 Å². The van der Waals surface area contributed by atoms with Crippen molar-refractivity contribution in [1.82, 2.24) is 0 Å². The van der Waals surface area contributed by atoms with E-state index in [0.717, 1.165) is 0 Å². The van der Waals surface area contributed by atoms with Crippen LogP contribution in [0.1, 0.15) is 6.92 Å². The first kappa shape index (κ1) is 18.6. The van der Waals surface area contributed by atoms with Gasteiger partial charge < -0.3 is 14.6 Å². The highest BCUT2D eigenvalue weighted by molar-refractivity contribution is 9.10. The Balaban J connectivity index is 2.23. The number of ether oxygens (including phenoxy) is 2. The Hall–Kier alpha value is -1.77. The average Bonchev–Trinajstić information content (AvgIpc) is 2.56. The zero-order chi connectivity index (χ0) is 17.6. The van der Waals surface area contributed by atoms with E-state index in [9.17, 15) is 8.42 Å². The van der Waals surface area contributed by atoms with Crippen LogP contribution in [0.15, 0.2) is 51.8 Å². The third-order valence-corrected chi connectivity index (χ3v) is 4.86. The lowest BCUT2D eigenvalue weighted by atomic mass is 10.3. The standard InChI is InChI=1S/C16H18BrNO5S/c1-2-22-15-8-3-12(17)11-16(15)24(20,21)18-13-4-6-14(7-5-13)23-10-9-19/h3-8,11,18-19H,2,9-10H2,1H3. The van der Waals surface area contributed by atoms with Crippen molar-refractivity contribution >= 4 is 31.6 Å². The molecular weight excluding hydrogens is 398 g/mol. The Morgan fingerprint density at radius 2 is 1.83 bits per heavy atom. The molecule has 0 saturated heterocycles. The summed E-state index contributed by atoms with van der Waals surface area (Å²) >= 11 is 3.27. The van der Waals surface area contributed by atoms with Crippen LogP contribution < -0.4 is 14.2 Å². The van der Waals surface area contributed by atoms with Crippen molar-refractivity contribution in [2.45, 2.75) is 11.8 Å². The summed E-state index contributed by atoms with van der Waals surface area (Å²) in [6.45, 7) is 2.25. The summed E-state index contributed by atoms with van der Waals surface area (Å²) in [7, 11) is -3.80. The van der Waals surface area contributed by atoms with E-state index in [-0.39, 0.29) is 23.9 Å². The molecule has 0 aliphatic rings. The van der Waals surface area contributed by atoms with E-state index in [1.807, 2.05) is 0 Å². The molecule has 0 saturated carbocycles. The molecule has 2 aromatic rings. The van der Waals surface area contributed by atoms with Gasteiger partial charge in [-0.2, -0.15) is 0 Å². The van der Waals surface area contributed by atoms with Gasteiger partial charge in [-0.15, -0.1) is 0 Å². The van der Waals surface area contributed by atoms with Crippen LogP contribution in [0.5, 0.6) is 11.5 Å². The second kappa shape index (κ2) is 8.36. The quantitative estimate of drug-likeness (QED) is 0.691. The summed E-state index contributed by atoms with van der Waals surface area (Å²) < 4.78 is 39.0. The van der Waals surface area contributed by atoms with Crippen LogP contribution in [-0.2, 0) is 10.0 Å². The fourth-order valence-corrected chi connectivity index (χ4v) is 3.70. The predicted molar refractivity (Wildman–Crippen MR) is 95.1 cm³/mol. The first-order chi connectivity index (χ1) is 11.5. The van der Waals surface area contributed by atoms with Crippen molar-refractivity contribution in [3.05, 3.63) is 46.9 Å². The van der Waals surface area contributed by atoms with E-state index >= 15 is 0 Å². The van der Waals surface area contributed by atoms with Crippen molar-refractivity contribution in [2.24, 2.45) is 0 Å². The summed E-state index contributed by atoms with van der Waals surface area (Å²) in [5.74, 6) is 0.834. The van der Waals surface area contributed by atoms with Crippen LogP contribution in [0.2, 0.25) is 0 Å². The van der Waals surface area contributed by atoms with Gasteiger partial charge in [0.2, 0.25) is 0 Å². The van der Waals surface area contributed by atoms with Gasteiger partial charge in [-0.1, -0.05) is 15.9 Å². The number of nitrogens with one attached hydrogen (secondary N) is 1. The number of halogens is 1. The van der Waals surface area contributed by atoms with Crippen LogP contribution in [0.4, 0.5) is 5.69 Å². The Labute approximate surface area is 149 Å². The van der Waals surface area contributed by atoms with Crippen molar-refractivity contribution in [3.8, 4) is 11.5 Å². The topological polar surface area (TPSA) is 84.9 Å². The van der Waals surface area contributed by atoms with Crippen LogP contribution in [0.3, 0.4) is 0 Å². The van der Waals surface area contributed by atoms with E-state index in [1.54, 1.807) is 43.3 Å². The molecule has 8 heteroatoms. The molecule has 0 aromatic heterocycles. The molecule has 0 spiro atoms. The van der Waals surface area contributed by atoms with E-state index in [0.29, 0.717) is 22.5 Å². The molecule has 2 aromatic carbocycles. The molecule has 0 atom stereocenters. The van der Waals surface area contributed by atoms with Gasteiger partial charge >= 0.3 is 0 Å². The molecule has 0 unspecified atom stereocenters. The highest BCUT2D eigenvalue weighted by Gasteiger charge is 2.20. The minimum atomic E-state index is -3.80. The Kier molecular flexibility index (Phi) is 6.47. The minimum Gasteiger partial charge on any atom is -0.492 e. The number of anilines is 1. The van der Waals surface area contributed by atoms with E-state index in [1.165, 1.54) is 6.07 Å². The van der Waals surface area contributed by atoms with Gasteiger partial charge in [0, 0.05) is 10.2 Å². The Bertz CT molecular complexity index is 778. The Morgan fingerprint density at radius 3 is 2.46 bits per heavy atom. The van der Waals surface area contributed by atoms with Gasteiger partial charge in [0.1, 0.15) is 23.0 Å². The fourth-order valence-electron chi connectivity index (χ4n) is 1.96. The van der Waals surface area contributed by atoms with Gasteiger partial charge in [0.15, 0.2) is 0 Å². The van der Waals surface area contributed by atoms with Gasteiger partial charge in [-0.05, 0) is 49.4 Å². The van der Waals surface area contributed by atoms with E-state index < -0.39 is 10.0 Å². The highest BCUT2D eigenvalue weighted by Crippen LogP contribution is 2.29. The number of hydrogen-bond acceptors (Lipinski definition) is 5. The summed E-state index contributed by atoms with van der Waals surface area (Å²) in [6, 6.07) is 11.2. The van der Waals surface area contributed by atoms with Crippen LogP contribution in [0, 0.1) is 0 Å². The minimum absolute atomic E-state index is 0.0549. The maximum Gasteiger partial charge on any atom is 0.265 e. The van der Waals surface area contributed by atoms with Gasteiger partial charge in [-0.3, -0.25) is 4.72 Å². The van der Waals surface area contributed by atoms with E-state index in [4.69, 9.17) is 14.6 Å². The first-order valence-electron chi connectivity index (χ1n) is 7.25.